The molecule has 0 amide bonds. The number of benzene rings is 13. The summed E-state index contributed by atoms with van der Waals surface area (Å²) in [7, 11) is 0. The largest absolute Gasteiger partial charge is 0.456 e. The molecule has 0 aliphatic carbocycles. The first-order chi connectivity index (χ1) is 41.6. The lowest BCUT2D eigenvalue weighted by Crippen LogP contribution is -1.96. The van der Waals surface area contributed by atoms with E-state index in [1.54, 1.807) is 0 Å². The molecule has 0 aliphatic heterocycles. The number of aromatic nitrogens is 2. The van der Waals surface area contributed by atoms with Gasteiger partial charge in [-0.25, -0.2) is 0 Å². The monoisotopic (exact) mass is 1070 g/mol. The molecular formula is C78H44N2O4. The Balaban J connectivity index is 0.794. The maximum absolute atomic E-state index is 7.01. The normalized spacial score (nSPS) is 12.3. The Kier molecular flexibility index (Phi) is 9.24. The minimum absolute atomic E-state index is 0.820. The second kappa shape index (κ2) is 17.1. The zero-order valence-electron chi connectivity index (χ0n) is 44.9. The molecule has 0 atom stereocenters. The number of hydrogen-bond donors (Lipinski definition) is 0. The molecule has 19 rings (SSSR count). The topological polar surface area (TPSA) is 62.4 Å². The van der Waals surface area contributed by atoms with Gasteiger partial charge in [0.2, 0.25) is 0 Å². The molecule has 0 aliphatic rings. The number of para-hydroxylation sites is 7. The maximum Gasteiger partial charge on any atom is 0.143 e. The summed E-state index contributed by atoms with van der Waals surface area (Å²) >= 11 is 0. The third kappa shape index (κ3) is 6.56. The lowest BCUT2D eigenvalue weighted by molar-refractivity contribution is 0.668. The molecule has 0 radical (unpaired) electrons. The minimum Gasteiger partial charge on any atom is -0.456 e. The van der Waals surface area contributed by atoms with Gasteiger partial charge in [-0.2, -0.15) is 0 Å². The van der Waals surface area contributed by atoms with Crippen LogP contribution in [0.3, 0.4) is 0 Å². The van der Waals surface area contributed by atoms with E-state index in [9.17, 15) is 0 Å². The molecule has 13 aromatic carbocycles. The van der Waals surface area contributed by atoms with Crippen molar-refractivity contribution in [2.75, 3.05) is 0 Å². The van der Waals surface area contributed by atoms with Crippen molar-refractivity contribution in [1.82, 2.24) is 9.13 Å². The molecule has 6 heterocycles. The van der Waals surface area contributed by atoms with E-state index in [-0.39, 0.29) is 0 Å². The molecule has 19 aromatic rings. The van der Waals surface area contributed by atoms with Gasteiger partial charge < -0.3 is 26.8 Å². The van der Waals surface area contributed by atoms with Gasteiger partial charge >= 0.3 is 0 Å². The summed E-state index contributed by atoms with van der Waals surface area (Å²) in [5.41, 5.74) is 22.2. The van der Waals surface area contributed by atoms with Crippen molar-refractivity contribution >= 4 is 131 Å². The highest BCUT2D eigenvalue weighted by Gasteiger charge is 2.23. The predicted octanol–water partition coefficient (Wildman–Crippen LogP) is 22.1. The first-order valence-electron chi connectivity index (χ1n) is 28.5. The number of fused-ring (bicyclic) bond motifs is 18. The van der Waals surface area contributed by atoms with Crippen LogP contribution in [0.5, 0.6) is 0 Å². The Morgan fingerprint density at radius 1 is 0.202 bits per heavy atom. The van der Waals surface area contributed by atoms with Crippen LogP contribution >= 0.6 is 0 Å². The smallest absolute Gasteiger partial charge is 0.143 e. The van der Waals surface area contributed by atoms with Crippen LogP contribution in [0.25, 0.3) is 187 Å². The summed E-state index contributed by atoms with van der Waals surface area (Å²) in [5.74, 6) is 0. The van der Waals surface area contributed by atoms with E-state index in [4.69, 9.17) is 17.7 Å². The summed E-state index contributed by atoms with van der Waals surface area (Å²) < 4.78 is 31.3. The van der Waals surface area contributed by atoms with Crippen LogP contribution in [0, 0.1) is 0 Å². The second-order valence-corrected chi connectivity index (χ2v) is 22.3. The predicted molar refractivity (Wildman–Crippen MR) is 346 cm³/mol. The summed E-state index contributed by atoms with van der Waals surface area (Å²) in [5, 5.41) is 13.4. The van der Waals surface area contributed by atoms with Crippen LogP contribution in [0.1, 0.15) is 0 Å². The first kappa shape index (κ1) is 45.4. The lowest BCUT2D eigenvalue weighted by Gasteiger charge is -2.14. The molecule has 390 valence electrons. The Morgan fingerprint density at radius 2 is 0.631 bits per heavy atom. The third-order valence-electron chi connectivity index (χ3n) is 17.7. The fraction of sp³-hybridized carbons (Fsp3) is 0. The SMILES string of the molecule is c1ccc2c(c1)oc1ccc(-c3cc(-c4ccc5oc6ccccc6c5c4)cc(-n4c5ccccc5c5cc(-c6cc(-c7cccc8c7oc7ccc(-n9c%10ccccc%10c%10ccccc%109)cc78)c7c(c6)oc6ccccc67)ccc54)c3)cc12. The van der Waals surface area contributed by atoms with Crippen molar-refractivity contribution in [1.29, 1.82) is 0 Å². The molecule has 0 spiro atoms. The molecule has 0 bridgehead atoms. The average Bonchev–Trinajstić information content (AvgIpc) is 4.06. The van der Waals surface area contributed by atoms with Crippen LogP contribution in [-0.4, -0.2) is 9.13 Å². The van der Waals surface area contributed by atoms with Gasteiger partial charge in [0.25, 0.3) is 0 Å². The van der Waals surface area contributed by atoms with Crippen molar-refractivity contribution < 1.29 is 17.7 Å². The van der Waals surface area contributed by atoms with Gasteiger partial charge in [0.15, 0.2) is 0 Å². The van der Waals surface area contributed by atoms with Crippen molar-refractivity contribution in [2.45, 2.75) is 0 Å². The second-order valence-electron chi connectivity index (χ2n) is 22.3. The van der Waals surface area contributed by atoms with Gasteiger partial charge in [0.05, 0.1) is 22.1 Å². The Bertz CT molecular complexity index is 5830. The summed E-state index contributed by atoms with van der Waals surface area (Å²) in [6.07, 6.45) is 0. The molecule has 6 aromatic heterocycles. The molecule has 0 unspecified atom stereocenters. The van der Waals surface area contributed by atoms with Crippen molar-refractivity contribution in [2.24, 2.45) is 0 Å². The van der Waals surface area contributed by atoms with Crippen LogP contribution in [0.15, 0.2) is 285 Å². The zero-order chi connectivity index (χ0) is 54.7. The van der Waals surface area contributed by atoms with Gasteiger partial charge in [-0.1, -0.05) is 146 Å². The zero-order valence-corrected chi connectivity index (χ0v) is 44.9. The molecule has 84 heavy (non-hydrogen) atoms. The molecule has 0 saturated heterocycles. The summed E-state index contributed by atoms with van der Waals surface area (Å²) in [4.78, 5) is 0. The maximum atomic E-state index is 7.01. The highest BCUT2D eigenvalue weighted by molar-refractivity contribution is 6.20. The number of hydrogen-bond acceptors (Lipinski definition) is 4. The average molecular weight is 1070 g/mol. The quantitative estimate of drug-likeness (QED) is 0.166. The van der Waals surface area contributed by atoms with Gasteiger partial charge in [-0.05, 0) is 160 Å². The molecule has 0 saturated carbocycles. The van der Waals surface area contributed by atoms with Crippen molar-refractivity contribution in [3.8, 4) is 55.9 Å². The van der Waals surface area contributed by atoms with Gasteiger partial charge in [-0.3, -0.25) is 0 Å². The number of nitrogens with zero attached hydrogens (tertiary/aromatic N) is 2. The third-order valence-corrected chi connectivity index (χ3v) is 17.7. The number of rotatable bonds is 6. The molecule has 0 fully saturated rings. The van der Waals surface area contributed by atoms with E-state index in [1.165, 1.54) is 21.8 Å². The van der Waals surface area contributed by atoms with E-state index in [2.05, 4.69) is 246 Å². The van der Waals surface area contributed by atoms with Crippen LogP contribution < -0.4 is 0 Å². The van der Waals surface area contributed by atoms with Crippen molar-refractivity contribution in [3.63, 3.8) is 0 Å². The van der Waals surface area contributed by atoms with E-state index in [1.807, 2.05) is 30.3 Å². The summed E-state index contributed by atoms with van der Waals surface area (Å²) in [6.45, 7) is 0. The Morgan fingerprint density at radius 3 is 1.26 bits per heavy atom. The van der Waals surface area contributed by atoms with Crippen LogP contribution in [-0.2, 0) is 0 Å². The van der Waals surface area contributed by atoms with Crippen molar-refractivity contribution in [3.05, 3.63) is 267 Å². The Hall–Kier alpha value is -11.3. The molecular weight excluding hydrogens is 1030 g/mol. The molecule has 6 heteroatoms. The highest BCUT2D eigenvalue weighted by atomic mass is 16.3. The fourth-order valence-corrected chi connectivity index (χ4v) is 13.9. The fourth-order valence-electron chi connectivity index (χ4n) is 13.9. The minimum atomic E-state index is 0.820. The van der Waals surface area contributed by atoms with E-state index < -0.39 is 0 Å². The van der Waals surface area contributed by atoms with Gasteiger partial charge in [0.1, 0.15) is 44.7 Å². The van der Waals surface area contributed by atoms with E-state index >= 15 is 0 Å². The van der Waals surface area contributed by atoms with E-state index in [0.29, 0.717) is 0 Å². The van der Waals surface area contributed by atoms with E-state index in [0.717, 1.165) is 165 Å². The van der Waals surface area contributed by atoms with Gasteiger partial charge in [0, 0.05) is 81.6 Å². The molecule has 6 nitrogen and oxygen atoms in total. The first-order valence-corrected chi connectivity index (χ1v) is 28.5. The number of furan rings is 4. The standard InChI is InChI=1S/C78H44N2O4/c1-7-22-66-53(14-1)54-15-2-8-23-67(54)79(66)51-31-35-75-64(44-51)58-20-13-21-59(78(58)84-75)65-42-50(43-76-77(65)60-19-6-12-27-72(60)83-76)45-28-32-69-61(39-45)55-16-3-9-24-68(55)80(69)52-37-48(46-29-33-73-62(40-46)56-17-4-10-25-70(56)81-73)36-49(38-52)47-30-34-74-63(41-47)57-18-5-11-26-71(57)82-74/h1-44H. The summed E-state index contributed by atoms with van der Waals surface area (Å²) in [6, 6.07) is 95.8. The molecule has 0 N–H and O–H groups in total. The van der Waals surface area contributed by atoms with Gasteiger partial charge in [-0.15, -0.1) is 0 Å². The van der Waals surface area contributed by atoms with Crippen LogP contribution in [0.4, 0.5) is 0 Å². The Labute approximate surface area is 478 Å². The lowest BCUT2D eigenvalue weighted by atomic mass is 9.93. The van der Waals surface area contributed by atoms with Crippen LogP contribution in [0.2, 0.25) is 0 Å². The highest BCUT2D eigenvalue weighted by Crippen LogP contribution is 2.47.